The molecule has 2 nitrogen and oxygen atoms in total. The van der Waals surface area contributed by atoms with Crippen LogP contribution in [-0.4, -0.2) is 5.91 Å². The first-order chi connectivity index (χ1) is 8.65. The average molecular weight is 331 g/mol. The number of rotatable bonds is 4. The van der Waals surface area contributed by atoms with Crippen LogP contribution in [0.25, 0.3) is 0 Å². The molecule has 0 unspecified atom stereocenters. The smallest absolute Gasteiger partial charge is 0.224 e. The van der Waals surface area contributed by atoms with Gasteiger partial charge in [-0.2, -0.15) is 0 Å². The number of carbonyl (C=O) groups excluding carboxylic acids is 1. The Hall–Kier alpha value is -0.540. The lowest BCUT2D eigenvalue weighted by atomic mass is 10.0. The molecule has 1 saturated carbocycles. The number of nitrogens with one attached hydrogen (secondary N) is 1. The van der Waals surface area contributed by atoms with E-state index in [1.807, 2.05) is 6.07 Å². The second-order valence-corrected chi connectivity index (χ2v) is 6.15. The Morgan fingerprint density at radius 1 is 1.39 bits per heavy atom. The number of benzene rings is 1. The lowest BCUT2D eigenvalue weighted by Crippen LogP contribution is -2.13. The SMILES string of the molecule is O=C(CCC1CCCC1)Nc1cc(Cl)ccc1Br. The molecule has 1 aliphatic carbocycles. The van der Waals surface area contributed by atoms with Crippen LogP contribution >= 0.6 is 27.5 Å². The van der Waals surface area contributed by atoms with E-state index in [2.05, 4.69) is 21.2 Å². The van der Waals surface area contributed by atoms with Gasteiger partial charge in [-0.25, -0.2) is 0 Å². The summed E-state index contributed by atoms with van der Waals surface area (Å²) in [7, 11) is 0. The molecule has 0 aliphatic heterocycles. The summed E-state index contributed by atoms with van der Waals surface area (Å²) in [4.78, 5) is 11.9. The van der Waals surface area contributed by atoms with E-state index in [0.717, 1.165) is 22.5 Å². The summed E-state index contributed by atoms with van der Waals surface area (Å²) in [5, 5.41) is 3.53. The molecule has 18 heavy (non-hydrogen) atoms. The average Bonchev–Trinajstić information content (AvgIpc) is 2.84. The van der Waals surface area contributed by atoms with Crippen LogP contribution < -0.4 is 5.32 Å². The quantitative estimate of drug-likeness (QED) is 0.826. The summed E-state index contributed by atoms with van der Waals surface area (Å²) in [6, 6.07) is 5.40. The molecule has 0 aromatic heterocycles. The lowest BCUT2D eigenvalue weighted by Gasteiger charge is -2.10. The number of carbonyl (C=O) groups is 1. The summed E-state index contributed by atoms with van der Waals surface area (Å²) in [5.41, 5.74) is 0.749. The van der Waals surface area contributed by atoms with Crippen LogP contribution in [0.4, 0.5) is 5.69 Å². The van der Waals surface area contributed by atoms with Gasteiger partial charge >= 0.3 is 0 Å². The Balaban J connectivity index is 1.84. The van der Waals surface area contributed by atoms with Crippen molar-refractivity contribution in [1.29, 1.82) is 0 Å². The van der Waals surface area contributed by atoms with E-state index in [1.165, 1.54) is 25.7 Å². The van der Waals surface area contributed by atoms with E-state index in [4.69, 9.17) is 11.6 Å². The molecule has 1 fully saturated rings. The van der Waals surface area contributed by atoms with E-state index in [-0.39, 0.29) is 5.91 Å². The fourth-order valence-electron chi connectivity index (χ4n) is 2.44. The molecule has 0 heterocycles. The third-order valence-corrected chi connectivity index (χ3v) is 4.38. The van der Waals surface area contributed by atoms with Crippen molar-refractivity contribution in [2.24, 2.45) is 5.92 Å². The van der Waals surface area contributed by atoms with Crippen LogP contribution in [0, 0.1) is 5.92 Å². The minimum Gasteiger partial charge on any atom is -0.325 e. The van der Waals surface area contributed by atoms with Crippen molar-refractivity contribution >= 4 is 39.1 Å². The Morgan fingerprint density at radius 2 is 2.11 bits per heavy atom. The van der Waals surface area contributed by atoms with E-state index >= 15 is 0 Å². The lowest BCUT2D eigenvalue weighted by molar-refractivity contribution is -0.116. The van der Waals surface area contributed by atoms with Crippen molar-refractivity contribution in [3.8, 4) is 0 Å². The topological polar surface area (TPSA) is 29.1 Å². The molecule has 0 bridgehead atoms. The van der Waals surface area contributed by atoms with Crippen LogP contribution in [0.1, 0.15) is 38.5 Å². The molecule has 0 atom stereocenters. The largest absolute Gasteiger partial charge is 0.325 e. The molecule has 4 heteroatoms. The Bertz CT molecular complexity index is 430. The molecule has 98 valence electrons. The molecule has 1 aromatic rings. The Morgan fingerprint density at radius 3 is 2.83 bits per heavy atom. The fourth-order valence-corrected chi connectivity index (χ4v) is 2.96. The highest BCUT2D eigenvalue weighted by molar-refractivity contribution is 9.10. The first kappa shape index (κ1) is 13.9. The predicted octanol–water partition coefficient (Wildman–Crippen LogP) is 5.01. The maximum absolute atomic E-state index is 11.9. The summed E-state index contributed by atoms with van der Waals surface area (Å²) < 4.78 is 0.862. The highest BCUT2D eigenvalue weighted by atomic mass is 79.9. The van der Waals surface area contributed by atoms with Crippen LogP contribution in [0.2, 0.25) is 5.02 Å². The maximum Gasteiger partial charge on any atom is 0.224 e. The van der Waals surface area contributed by atoms with Gasteiger partial charge < -0.3 is 5.32 Å². The minimum absolute atomic E-state index is 0.0740. The summed E-state index contributed by atoms with van der Waals surface area (Å²) in [6.45, 7) is 0. The number of hydrogen-bond donors (Lipinski definition) is 1. The first-order valence-corrected chi connectivity index (χ1v) is 7.57. The van der Waals surface area contributed by atoms with Crippen molar-refractivity contribution in [2.45, 2.75) is 38.5 Å². The van der Waals surface area contributed by atoms with Gasteiger partial charge in [0.25, 0.3) is 0 Å². The predicted molar refractivity (Wildman–Crippen MR) is 79.0 cm³/mol. The molecule has 1 aliphatic rings. The van der Waals surface area contributed by atoms with Gasteiger partial charge in [-0.15, -0.1) is 0 Å². The summed E-state index contributed by atoms with van der Waals surface area (Å²) in [6.07, 6.45) is 6.83. The van der Waals surface area contributed by atoms with Gasteiger partial charge in [0.1, 0.15) is 0 Å². The molecule has 0 spiro atoms. The van der Waals surface area contributed by atoms with Crippen molar-refractivity contribution in [2.75, 3.05) is 5.32 Å². The van der Waals surface area contributed by atoms with Crippen molar-refractivity contribution < 1.29 is 4.79 Å². The number of halogens is 2. The van der Waals surface area contributed by atoms with Crippen molar-refractivity contribution in [3.05, 3.63) is 27.7 Å². The summed E-state index contributed by atoms with van der Waals surface area (Å²) in [5.74, 6) is 0.823. The van der Waals surface area contributed by atoms with Crippen LogP contribution in [0.3, 0.4) is 0 Å². The third-order valence-electron chi connectivity index (χ3n) is 3.46. The second kappa shape index (κ2) is 6.58. The third kappa shape index (κ3) is 3.99. The van der Waals surface area contributed by atoms with Gasteiger partial charge in [-0.05, 0) is 46.5 Å². The normalized spacial score (nSPS) is 15.9. The fraction of sp³-hybridized carbons (Fsp3) is 0.500. The molecule has 0 saturated heterocycles. The number of amides is 1. The van der Waals surface area contributed by atoms with Crippen LogP contribution in [0.5, 0.6) is 0 Å². The van der Waals surface area contributed by atoms with Gasteiger partial charge in [-0.3, -0.25) is 4.79 Å². The zero-order chi connectivity index (χ0) is 13.0. The Kier molecular flexibility index (Phi) is 5.07. The van der Waals surface area contributed by atoms with Gasteiger partial charge in [0.05, 0.1) is 5.69 Å². The standard InChI is InChI=1S/C14H17BrClNO/c15-12-7-6-11(16)9-13(12)17-14(18)8-5-10-3-1-2-4-10/h6-7,9-10H,1-5,8H2,(H,17,18). The molecular weight excluding hydrogens is 314 g/mol. The van der Waals surface area contributed by atoms with Gasteiger partial charge in [0, 0.05) is 15.9 Å². The second-order valence-electron chi connectivity index (χ2n) is 4.86. The highest BCUT2D eigenvalue weighted by Crippen LogP contribution is 2.29. The molecule has 0 radical (unpaired) electrons. The van der Waals surface area contributed by atoms with E-state index in [9.17, 15) is 4.79 Å². The zero-order valence-corrected chi connectivity index (χ0v) is 12.6. The minimum atomic E-state index is 0.0740. The highest BCUT2D eigenvalue weighted by Gasteiger charge is 2.16. The van der Waals surface area contributed by atoms with Crippen molar-refractivity contribution in [3.63, 3.8) is 0 Å². The molecule has 1 N–H and O–H groups in total. The van der Waals surface area contributed by atoms with Gasteiger partial charge in [-0.1, -0.05) is 37.3 Å². The van der Waals surface area contributed by atoms with Gasteiger partial charge in [0.15, 0.2) is 0 Å². The maximum atomic E-state index is 11.9. The monoisotopic (exact) mass is 329 g/mol. The molecular formula is C14H17BrClNO. The van der Waals surface area contributed by atoms with E-state index in [0.29, 0.717) is 11.4 Å². The van der Waals surface area contributed by atoms with Gasteiger partial charge in [0.2, 0.25) is 5.91 Å². The molecule has 2 rings (SSSR count). The number of hydrogen-bond acceptors (Lipinski definition) is 1. The van der Waals surface area contributed by atoms with Crippen molar-refractivity contribution in [1.82, 2.24) is 0 Å². The Labute approximate surface area is 121 Å². The molecule has 1 aromatic carbocycles. The molecule has 1 amide bonds. The number of anilines is 1. The zero-order valence-electron chi connectivity index (χ0n) is 10.2. The first-order valence-electron chi connectivity index (χ1n) is 6.40. The summed E-state index contributed by atoms with van der Waals surface area (Å²) >= 11 is 9.31. The van der Waals surface area contributed by atoms with E-state index in [1.54, 1.807) is 12.1 Å². The van der Waals surface area contributed by atoms with E-state index < -0.39 is 0 Å². The van der Waals surface area contributed by atoms with Crippen LogP contribution in [0.15, 0.2) is 22.7 Å². The van der Waals surface area contributed by atoms with Crippen LogP contribution in [-0.2, 0) is 4.79 Å².